The molecule has 0 unspecified atom stereocenters. The zero-order valence-corrected chi connectivity index (χ0v) is 13.8. The van der Waals surface area contributed by atoms with E-state index in [1.165, 1.54) is 12.3 Å². The van der Waals surface area contributed by atoms with E-state index in [-0.39, 0.29) is 36.8 Å². The van der Waals surface area contributed by atoms with Crippen LogP contribution < -0.4 is 4.90 Å². The van der Waals surface area contributed by atoms with E-state index in [1.54, 1.807) is 25.7 Å². The normalized spacial score (nSPS) is 15.7. The number of halogens is 2. The maximum absolute atomic E-state index is 13.9. The molecule has 0 amide bonds. The van der Waals surface area contributed by atoms with E-state index >= 15 is 0 Å². The first-order chi connectivity index (χ1) is 11.4. The quantitative estimate of drug-likeness (QED) is 0.357. The first kappa shape index (κ1) is 17.9. The number of rotatable bonds is 5. The second-order valence-corrected chi connectivity index (χ2v) is 5.30. The van der Waals surface area contributed by atoms with Gasteiger partial charge in [0, 0.05) is 23.5 Å². The number of ether oxygens (including phenoxy) is 2. The standard InChI is InChI=1S/C17H19F2NO4/c1-4-23-16(21)12(17(22)24-5-2)9-20-10(3)8-11-14(20)7-6-13(18)15(11)19/h6-7,9-10H,4-5,8H2,1-3H3/t10-/m0/s1. The van der Waals surface area contributed by atoms with Crippen LogP contribution in [0, 0.1) is 11.6 Å². The van der Waals surface area contributed by atoms with Crippen molar-refractivity contribution in [2.24, 2.45) is 0 Å². The molecule has 0 bridgehead atoms. The summed E-state index contributed by atoms with van der Waals surface area (Å²) in [4.78, 5) is 25.6. The summed E-state index contributed by atoms with van der Waals surface area (Å²) in [7, 11) is 0. The minimum Gasteiger partial charge on any atom is -0.462 e. The van der Waals surface area contributed by atoms with Crippen LogP contribution in [0.1, 0.15) is 26.3 Å². The number of hydrogen-bond acceptors (Lipinski definition) is 5. The third kappa shape index (κ3) is 3.39. The fourth-order valence-electron chi connectivity index (χ4n) is 2.59. The summed E-state index contributed by atoms with van der Waals surface area (Å²) in [6.07, 6.45) is 1.54. The van der Waals surface area contributed by atoms with Crippen LogP contribution in [0.4, 0.5) is 14.5 Å². The molecule has 0 radical (unpaired) electrons. The maximum Gasteiger partial charge on any atom is 0.347 e. The van der Waals surface area contributed by atoms with Gasteiger partial charge in [0.2, 0.25) is 0 Å². The molecule has 0 saturated heterocycles. The van der Waals surface area contributed by atoms with Crippen LogP contribution in [-0.2, 0) is 25.5 Å². The lowest BCUT2D eigenvalue weighted by Crippen LogP contribution is -2.28. The van der Waals surface area contributed by atoms with Crippen molar-refractivity contribution in [1.82, 2.24) is 0 Å². The summed E-state index contributed by atoms with van der Waals surface area (Å²) in [6, 6.07) is 2.18. The molecule has 1 aliphatic rings. The average molecular weight is 339 g/mol. The Morgan fingerprint density at radius 2 is 1.79 bits per heavy atom. The zero-order valence-electron chi connectivity index (χ0n) is 13.8. The van der Waals surface area contributed by atoms with Gasteiger partial charge in [-0.3, -0.25) is 0 Å². The average Bonchev–Trinajstić information content (AvgIpc) is 2.85. The molecule has 5 nitrogen and oxygen atoms in total. The lowest BCUT2D eigenvalue weighted by atomic mass is 10.1. The highest BCUT2D eigenvalue weighted by Gasteiger charge is 2.31. The van der Waals surface area contributed by atoms with Gasteiger partial charge in [0.25, 0.3) is 0 Å². The van der Waals surface area contributed by atoms with Crippen molar-refractivity contribution < 1.29 is 27.8 Å². The van der Waals surface area contributed by atoms with Gasteiger partial charge in [0.15, 0.2) is 17.2 Å². The van der Waals surface area contributed by atoms with Gasteiger partial charge >= 0.3 is 11.9 Å². The highest BCUT2D eigenvalue weighted by molar-refractivity contribution is 6.14. The molecule has 1 aliphatic heterocycles. The summed E-state index contributed by atoms with van der Waals surface area (Å²) >= 11 is 0. The van der Waals surface area contributed by atoms with Crippen molar-refractivity contribution in [1.29, 1.82) is 0 Å². The van der Waals surface area contributed by atoms with Crippen molar-refractivity contribution in [3.63, 3.8) is 0 Å². The van der Waals surface area contributed by atoms with Gasteiger partial charge < -0.3 is 14.4 Å². The summed E-state index contributed by atoms with van der Waals surface area (Å²) < 4.78 is 37.1. The summed E-state index contributed by atoms with van der Waals surface area (Å²) in [5, 5.41) is 0. The van der Waals surface area contributed by atoms with Crippen LogP contribution in [0.25, 0.3) is 0 Å². The molecule has 0 aromatic heterocycles. The van der Waals surface area contributed by atoms with Gasteiger partial charge in [-0.15, -0.1) is 0 Å². The van der Waals surface area contributed by atoms with Crippen molar-refractivity contribution >= 4 is 17.6 Å². The van der Waals surface area contributed by atoms with Crippen molar-refractivity contribution in [2.45, 2.75) is 33.2 Å². The second kappa shape index (κ2) is 7.42. The number of fused-ring (bicyclic) bond motifs is 1. The van der Waals surface area contributed by atoms with Gasteiger partial charge in [0.1, 0.15) is 0 Å². The number of esters is 2. The Balaban J connectivity index is 2.44. The van der Waals surface area contributed by atoms with E-state index in [4.69, 9.17) is 9.47 Å². The van der Waals surface area contributed by atoms with Crippen LogP contribution >= 0.6 is 0 Å². The zero-order chi connectivity index (χ0) is 17.9. The largest absolute Gasteiger partial charge is 0.462 e. The Morgan fingerprint density at radius 1 is 1.21 bits per heavy atom. The van der Waals surface area contributed by atoms with Gasteiger partial charge in [-0.2, -0.15) is 0 Å². The van der Waals surface area contributed by atoms with Crippen molar-refractivity contribution in [3.8, 4) is 0 Å². The van der Waals surface area contributed by atoms with E-state index in [9.17, 15) is 18.4 Å². The molecule has 24 heavy (non-hydrogen) atoms. The molecule has 1 atom stereocenters. The summed E-state index contributed by atoms with van der Waals surface area (Å²) in [5.74, 6) is -3.48. The Bertz CT molecular complexity index is 667. The molecule has 7 heteroatoms. The molecule has 130 valence electrons. The Kier molecular flexibility index (Phi) is 5.54. The van der Waals surface area contributed by atoms with E-state index < -0.39 is 23.6 Å². The first-order valence-electron chi connectivity index (χ1n) is 7.71. The first-order valence-corrected chi connectivity index (χ1v) is 7.71. The highest BCUT2D eigenvalue weighted by atomic mass is 19.2. The number of anilines is 1. The van der Waals surface area contributed by atoms with Crippen molar-refractivity contribution in [2.75, 3.05) is 18.1 Å². The predicted octanol–water partition coefficient (Wildman–Crippen LogP) is 2.73. The van der Waals surface area contributed by atoms with Crippen LogP contribution in [0.5, 0.6) is 0 Å². The van der Waals surface area contributed by atoms with Crippen LogP contribution in [0.15, 0.2) is 23.9 Å². The number of nitrogens with zero attached hydrogens (tertiary/aromatic N) is 1. The van der Waals surface area contributed by atoms with Crippen LogP contribution in [0.2, 0.25) is 0 Å². The Morgan fingerprint density at radius 3 is 2.33 bits per heavy atom. The molecular weight excluding hydrogens is 320 g/mol. The Labute approximate surface area is 138 Å². The SMILES string of the molecule is CCOC(=O)C(=CN1c2ccc(F)c(F)c2C[C@@H]1C)C(=O)OCC. The number of benzene rings is 1. The van der Waals surface area contributed by atoms with E-state index in [0.29, 0.717) is 5.69 Å². The minimum absolute atomic E-state index is 0.0988. The molecule has 0 spiro atoms. The predicted molar refractivity (Wildman–Crippen MR) is 83.4 cm³/mol. The fraction of sp³-hybridized carbons (Fsp3) is 0.412. The topological polar surface area (TPSA) is 55.8 Å². The smallest absolute Gasteiger partial charge is 0.347 e. The summed E-state index contributed by atoms with van der Waals surface area (Å²) in [6.45, 7) is 5.21. The van der Waals surface area contributed by atoms with E-state index in [2.05, 4.69) is 0 Å². The number of carbonyl (C=O) groups excluding carboxylic acids is 2. The molecule has 1 aromatic rings. The van der Waals surface area contributed by atoms with E-state index in [1.807, 2.05) is 0 Å². The number of hydrogen-bond donors (Lipinski definition) is 0. The fourth-order valence-corrected chi connectivity index (χ4v) is 2.59. The van der Waals surface area contributed by atoms with Gasteiger partial charge in [-0.25, -0.2) is 18.4 Å². The Hall–Kier alpha value is -2.44. The van der Waals surface area contributed by atoms with Gasteiger partial charge in [0.05, 0.1) is 13.2 Å². The third-order valence-corrected chi connectivity index (χ3v) is 3.68. The maximum atomic E-state index is 13.9. The lowest BCUT2D eigenvalue weighted by molar-refractivity contribution is -0.146. The molecule has 0 fully saturated rings. The van der Waals surface area contributed by atoms with Gasteiger partial charge in [-0.1, -0.05) is 0 Å². The molecular formula is C17H19F2NO4. The minimum atomic E-state index is -0.928. The molecule has 0 N–H and O–H groups in total. The monoisotopic (exact) mass is 339 g/mol. The second-order valence-electron chi connectivity index (χ2n) is 5.30. The van der Waals surface area contributed by atoms with Crippen LogP contribution in [0.3, 0.4) is 0 Å². The van der Waals surface area contributed by atoms with E-state index in [0.717, 1.165) is 6.07 Å². The molecule has 0 aliphatic carbocycles. The molecule has 1 heterocycles. The van der Waals surface area contributed by atoms with Crippen molar-refractivity contribution in [3.05, 3.63) is 41.1 Å². The number of carbonyl (C=O) groups is 2. The highest BCUT2D eigenvalue weighted by Crippen LogP contribution is 2.35. The molecule has 0 saturated carbocycles. The van der Waals surface area contributed by atoms with Crippen LogP contribution in [-0.4, -0.2) is 31.2 Å². The lowest BCUT2D eigenvalue weighted by Gasteiger charge is -2.21. The summed E-state index contributed by atoms with van der Waals surface area (Å²) in [5.41, 5.74) is 0.335. The molecule has 1 aromatic carbocycles. The third-order valence-electron chi connectivity index (χ3n) is 3.68. The van der Waals surface area contributed by atoms with Gasteiger partial charge in [-0.05, 0) is 39.3 Å². The molecule has 2 rings (SSSR count).